The van der Waals surface area contributed by atoms with Gasteiger partial charge in [0.1, 0.15) is 12.4 Å². The number of hydrogen-bond donors (Lipinski definition) is 0. The Bertz CT molecular complexity index is 617. The molecule has 0 atom stereocenters. The van der Waals surface area contributed by atoms with Gasteiger partial charge in [-0.25, -0.2) is 13.0 Å². The molecule has 0 radical (unpaired) electrons. The number of halogens is 3. The molecular formula is C7H11F3N2O5S2. The second-order valence-electron chi connectivity index (χ2n) is 3.21. The third-order valence-electron chi connectivity index (χ3n) is 1.71. The topological polar surface area (TPSA) is 100 Å². The zero-order valence-electron chi connectivity index (χ0n) is 9.83. The first-order valence-electron chi connectivity index (χ1n) is 4.60. The summed E-state index contributed by atoms with van der Waals surface area (Å²) in [4.78, 5) is 0. The Morgan fingerprint density at radius 3 is 1.89 bits per heavy atom. The van der Waals surface area contributed by atoms with Crippen molar-refractivity contribution in [3.63, 3.8) is 0 Å². The first kappa shape index (κ1) is 17.9. The van der Waals surface area contributed by atoms with Crippen LogP contribution in [-0.4, -0.2) is 36.6 Å². The zero-order chi connectivity index (χ0) is 15.5. The van der Waals surface area contributed by atoms with E-state index in [0.717, 1.165) is 0 Å². The van der Waals surface area contributed by atoms with E-state index in [1.165, 1.54) is 16.5 Å². The molecule has 0 spiro atoms. The van der Waals surface area contributed by atoms with E-state index in [2.05, 4.69) is 0 Å². The lowest BCUT2D eigenvalue weighted by Gasteiger charge is -2.08. The largest absolute Gasteiger partial charge is 0.741 e. The Morgan fingerprint density at radius 2 is 1.68 bits per heavy atom. The van der Waals surface area contributed by atoms with Gasteiger partial charge in [-0.1, -0.05) is 0 Å². The summed E-state index contributed by atoms with van der Waals surface area (Å²) in [7, 11) is -7.39. The van der Waals surface area contributed by atoms with Crippen LogP contribution in [0, 0.1) is 0 Å². The normalized spacial score (nSPS) is 12.7. The predicted molar refractivity (Wildman–Crippen MR) is 56.2 cm³/mol. The van der Waals surface area contributed by atoms with E-state index in [0.29, 0.717) is 0 Å². The van der Waals surface area contributed by atoms with Crippen LogP contribution in [0.1, 0.15) is 6.92 Å². The van der Waals surface area contributed by atoms with E-state index in [-0.39, 0.29) is 5.75 Å². The Balaban J connectivity index is 0.000000362. The zero-order valence-corrected chi connectivity index (χ0v) is 11.5. The van der Waals surface area contributed by atoms with Gasteiger partial charge in [-0.3, -0.25) is 0 Å². The first-order valence-corrected chi connectivity index (χ1v) is 7.61. The van der Waals surface area contributed by atoms with E-state index in [4.69, 9.17) is 13.0 Å². The maximum atomic E-state index is 11.2. The molecule has 0 bridgehead atoms. The Morgan fingerprint density at radius 1 is 1.26 bits per heavy atom. The quantitative estimate of drug-likeness (QED) is 0.417. The molecule has 1 aromatic rings. The minimum atomic E-state index is -6.09. The van der Waals surface area contributed by atoms with Crippen molar-refractivity contribution in [3.8, 4) is 0 Å². The molecule has 0 aromatic carbocycles. The van der Waals surface area contributed by atoms with E-state index >= 15 is 0 Å². The smallest absolute Gasteiger partial charge is 0.485 e. The van der Waals surface area contributed by atoms with Crippen LogP contribution in [0.2, 0.25) is 0 Å². The highest BCUT2D eigenvalue weighted by atomic mass is 32.2. The molecule has 0 aliphatic heterocycles. The minimum absolute atomic E-state index is 0.127. The maximum absolute atomic E-state index is 11.2. The summed E-state index contributed by atoms with van der Waals surface area (Å²) in [6.45, 7) is 1.62. The monoisotopic (exact) mass is 324 g/mol. The van der Waals surface area contributed by atoms with Gasteiger partial charge in [-0.2, -0.15) is 21.6 Å². The average Bonchev–Trinajstić information content (AvgIpc) is 2.63. The second kappa shape index (κ2) is 5.88. The molecule has 19 heavy (non-hydrogen) atoms. The molecule has 0 saturated heterocycles. The SMILES string of the molecule is CCS(=O)(=O)n1cc[n+](C)c1.O=S(=O)([O-])C(F)(F)F. The van der Waals surface area contributed by atoms with Crippen molar-refractivity contribution < 1.29 is 39.1 Å². The summed E-state index contributed by atoms with van der Waals surface area (Å²) in [5.74, 6) is 0.127. The highest BCUT2D eigenvalue weighted by Crippen LogP contribution is 2.20. The van der Waals surface area contributed by atoms with E-state index in [1.807, 2.05) is 0 Å². The van der Waals surface area contributed by atoms with Crippen LogP contribution in [0.3, 0.4) is 0 Å². The molecule has 0 N–H and O–H groups in total. The third-order valence-corrected chi connectivity index (χ3v) is 3.87. The summed E-state index contributed by atoms with van der Waals surface area (Å²) in [5.41, 5.74) is -5.65. The van der Waals surface area contributed by atoms with Gasteiger partial charge in [-0.05, 0) is 6.92 Å². The van der Waals surface area contributed by atoms with Gasteiger partial charge in [0.15, 0.2) is 10.1 Å². The van der Waals surface area contributed by atoms with Crippen LogP contribution < -0.4 is 4.57 Å². The van der Waals surface area contributed by atoms with Crippen LogP contribution in [0.15, 0.2) is 18.7 Å². The molecule has 0 aliphatic rings. The summed E-state index contributed by atoms with van der Waals surface area (Å²) in [6.07, 6.45) is 4.74. The summed E-state index contributed by atoms with van der Waals surface area (Å²) < 4.78 is 84.1. The lowest BCUT2D eigenvalue weighted by molar-refractivity contribution is -0.670. The Labute approximate surface area is 108 Å². The van der Waals surface area contributed by atoms with Crippen molar-refractivity contribution in [1.29, 1.82) is 0 Å². The van der Waals surface area contributed by atoms with Crippen LogP contribution >= 0.6 is 0 Å². The molecule has 0 amide bonds. The molecule has 1 rings (SSSR count). The molecule has 0 aliphatic carbocycles. The Kier molecular flexibility index (Phi) is 5.53. The summed E-state index contributed by atoms with van der Waals surface area (Å²) in [6, 6.07) is 0. The van der Waals surface area contributed by atoms with E-state index in [9.17, 15) is 21.6 Å². The van der Waals surface area contributed by atoms with Gasteiger partial charge in [0.25, 0.3) is 6.33 Å². The van der Waals surface area contributed by atoms with Crippen molar-refractivity contribution in [2.24, 2.45) is 7.05 Å². The number of aromatic nitrogens is 2. The van der Waals surface area contributed by atoms with Crippen molar-refractivity contribution in [2.75, 3.05) is 5.75 Å². The number of rotatable bonds is 2. The molecule has 0 unspecified atom stereocenters. The lowest BCUT2D eigenvalue weighted by atomic mass is 10.9. The number of nitrogens with zero attached hydrogens (tertiary/aromatic N) is 2. The van der Waals surface area contributed by atoms with Gasteiger partial charge in [0.05, 0.1) is 12.8 Å². The predicted octanol–water partition coefficient (Wildman–Crippen LogP) is -0.438. The molecule has 0 saturated carbocycles. The highest BCUT2D eigenvalue weighted by Gasteiger charge is 2.36. The van der Waals surface area contributed by atoms with Crippen LogP contribution in [0.25, 0.3) is 0 Å². The highest BCUT2D eigenvalue weighted by molar-refractivity contribution is 7.89. The molecule has 12 heteroatoms. The number of alkyl halides is 3. The lowest BCUT2D eigenvalue weighted by Crippen LogP contribution is -2.25. The van der Waals surface area contributed by atoms with Gasteiger partial charge in [-0.15, -0.1) is 3.97 Å². The van der Waals surface area contributed by atoms with Crippen molar-refractivity contribution in [1.82, 2.24) is 3.97 Å². The molecule has 0 fully saturated rings. The first-order chi connectivity index (χ1) is 8.31. The fraction of sp³-hybridized carbons (Fsp3) is 0.571. The standard InChI is InChI=1S/C6H11N2O2S.CHF3O3S/c1-3-11(9,10)8-5-4-7(2)6-8;2-1(3,4)8(5,6)7/h4-6H,3H2,1-2H3;(H,5,6,7)/q+1;/p-1. The van der Waals surface area contributed by atoms with E-state index < -0.39 is 25.6 Å². The summed E-state index contributed by atoms with van der Waals surface area (Å²) >= 11 is 0. The third kappa shape index (κ3) is 5.57. The van der Waals surface area contributed by atoms with Crippen molar-refractivity contribution >= 4 is 20.1 Å². The maximum Gasteiger partial charge on any atom is 0.485 e. The van der Waals surface area contributed by atoms with Crippen molar-refractivity contribution in [3.05, 3.63) is 18.7 Å². The average molecular weight is 324 g/mol. The summed E-state index contributed by atoms with van der Waals surface area (Å²) in [5, 5.41) is 0. The van der Waals surface area contributed by atoms with Gasteiger partial charge >= 0.3 is 15.5 Å². The Hall–Kier alpha value is -1.14. The van der Waals surface area contributed by atoms with Gasteiger partial charge < -0.3 is 4.55 Å². The fourth-order valence-electron chi connectivity index (χ4n) is 0.741. The number of hydrogen-bond acceptors (Lipinski definition) is 5. The fourth-order valence-corrected chi connectivity index (χ4v) is 1.57. The number of aryl methyl sites for hydroxylation is 1. The second-order valence-corrected chi connectivity index (χ2v) is 6.74. The number of imidazole rings is 1. The van der Waals surface area contributed by atoms with Crippen LogP contribution in [-0.2, 0) is 27.2 Å². The molecular weight excluding hydrogens is 313 g/mol. The molecule has 1 heterocycles. The van der Waals surface area contributed by atoms with Gasteiger partial charge in [0, 0.05) is 0 Å². The van der Waals surface area contributed by atoms with Gasteiger partial charge in [0.2, 0.25) is 0 Å². The van der Waals surface area contributed by atoms with Crippen molar-refractivity contribution in [2.45, 2.75) is 12.4 Å². The van der Waals surface area contributed by atoms with Crippen LogP contribution in [0.5, 0.6) is 0 Å². The minimum Gasteiger partial charge on any atom is -0.741 e. The molecule has 1 aromatic heterocycles. The van der Waals surface area contributed by atoms with E-state index in [1.54, 1.807) is 24.7 Å². The molecule has 112 valence electrons. The molecule has 7 nitrogen and oxygen atoms in total. The van der Waals surface area contributed by atoms with Crippen LogP contribution in [0.4, 0.5) is 13.2 Å².